The molecule has 3 atom stereocenters. The molecular weight excluding hydrogens is 1570 g/mol. The monoisotopic (exact) mass is 1680 g/mol. The number of hydrogen-bond donors (Lipinski definition) is 4. The summed E-state index contributed by atoms with van der Waals surface area (Å²) in [5, 5.41) is 12.3. The van der Waals surface area contributed by atoms with Crippen molar-refractivity contribution in [2.24, 2.45) is 10.8 Å². The largest absolute Gasteiger partial charge is 0.444 e. The lowest BCUT2D eigenvalue weighted by Gasteiger charge is -2.30. The van der Waals surface area contributed by atoms with Crippen molar-refractivity contribution in [3.63, 3.8) is 0 Å². The summed E-state index contributed by atoms with van der Waals surface area (Å²) in [6.07, 6.45) is 13.1. The maximum absolute atomic E-state index is 14.2. The molecule has 3 aliphatic carbocycles. The number of aromatic nitrogens is 6. The molecule has 0 bridgehead atoms. The molecule has 8 amide bonds. The Morgan fingerprint density at radius 1 is 0.508 bits per heavy atom. The molecule has 634 valence electrons. The number of carbonyl (C=O) groups is 8. The van der Waals surface area contributed by atoms with Gasteiger partial charge in [0.1, 0.15) is 66.4 Å². The van der Waals surface area contributed by atoms with E-state index in [1.165, 1.54) is 9.80 Å². The first-order chi connectivity index (χ1) is 56.6. The van der Waals surface area contributed by atoms with Gasteiger partial charge in [-0.25, -0.2) is 34.7 Å². The van der Waals surface area contributed by atoms with Crippen LogP contribution in [-0.4, -0.2) is 168 Å². The third-order valence-electron chi connectivity index (χ3n) is 22.5. The van der Waals surface area contributed by atoms with Crippen LogP contribution in [0.15, 0.2) is 140 Å². The van der Waals surface area contributed by atoms with Crippen molar-refractivity contribution < 1.29 is 52.6 Å². The van der Waals surface area contributed by atoms with Crippen LogP contribution in [-0.2, 0) is 129 Å². The fourth-order valence-corrected chi connectivity index (χ4v) is 18.1. The van der Waals surface area contributed by atoms with Gasteiger partial charge in [0, 0.05) is 127 Å². The molecule has 120 heavy (non-hydrogen) atoms. The van der Waals surface area contributed by atoms with Gasteiger partial charge in [0.05, 0.1) is 16.2 Å². The van der Waals surface area contributed by atoms with Crippen LogP contribution in [0.25, 0.3) is 0 Å². The van der Waals surface area contributed by atoms with Gasteiger partial charge in [-0.3, -0.25) is 43.4 Å². The Kier molecular flexibility index (Phi) is 26.4. The highest BCUT2D eigenvalue weighted by molar-refractivity contribution is 6.76. The Morgan fingerprint density at radius 2 is 0.908 bits per heavy atom. The molecule has 6 aromatic heterocycles. The fourth-order valence-electron chi connectivity index (χ4n) is 16.4. The molecule has 9 heterocycles. The first-order valence-corrected chi connectivity index (χ1v) is 48.8. The second-order valence-electron chi connectivity index (χ2n) is 37.8. The number of benzene rings is 2. The summed E-state index contributed by atoms with van der Waals surface area (Å²) >= 11 is 6.07. The topological polar surface area (TPSA) is 306 Å². The molecule has 0 fully saturated rings. The van der Waals surface area contributed by atoms with Crippen LogP contribution < -0.4 is 31.1 Å². The minimum absolute atomic E-state index is 0.0418. The van der Waals surface area contributed by atoms with Crippen molar-refractivity contribution in [3.05, 3.63) is 218 Å². The highest BCUT2D eigenvalue weighted by Crippen LogP contribution is 2.52. The summed E-state index contributed by atoms with van der Waals surface area (Å²) in [4.78, 5) is 142. The van der Waals surface area contributed by atoms with E-state index in [9.17, 15) is 38.4 Å². The van der Waals surface area contributed by atoms with Gasteiger partial charge in [0.25, 0.3) is 0 Å². The highest BCUT2D eigenvalue weighted by Gasteiger charge is 2.57. The number of nitrogens with one attached hydrogen (secondary N) is 4. The lowest BCUT2D eigenvalue weighted by Crippen LogP contribution is -2.43. The molecule has 2 aromatic carbocycles. The number of anilines is 5. The molecule has 3 aliphatic heterocycles. The van der Waals surface area contributed by atoms with Gasteiger partial charge in [0.2, 0.25) is 41.4 Å². The molecule has 6 aliphatic rings. The molecule has 0 radical (unpaired) electrons. The number of ether oxygens (including phenoxy) is 3. The summed E-state index contributed by atoms with van der Waals surface area (Å²) in [7, 11) is 1.09. The predicted octanol–water partition coefficient (Wildman–Crippen LogP) is 13.6. The maximum Gasteiger partial charge on any atom is 0.410 e. The van der Waals surface area contributed by atoms with Gasteiger partial charge < -0.3 is 50.2 Å². The number of nitrogens with zero attached hydrogens (tertiary/aromatic N) is 11. The zero-order valence-electron chi connectivity index (χ0n) is 72.3. The van der Waals surface area contributed by atoms with Crippen LogP contribution in [0.4, 0.5) is 33.9 Å². The fraction of sp³-hybridized carbons (Fsp3) is 0.451. The Hall–Kier alpha value is -10.5. The van der Waals surface area contributed by atoms with E-state index in [1.54, 1.807) is 58.9 Å². The van der Waals surface area contributed by atoms with Gasteiger partial charge in [-0.15, -0.1) is 0 Å². The number of fused-ring (bicyclic) bond motifs is 9. The Labute approximate surface area is 711 Å². The standard InChI is InChI=1S/C41H56N6O6Si.C30H34N6O3.C20H24ClN3O2Si/c1-39(2,3)36(49)46(25-29-15-12-11-14-28(29)24-45(7)38(51)53-40(4,5)6)26-34(48)44-33-20-30-21-41(22-31(30)23-43-33)32-16-13-17-42-35(32)47(37(41)50)27-52-18-19-54(8,9)10;1-29(2,3)28(39)36(17-20-9-6-5-8-19(20)15-31-4)18-25(37)34-24-12-21-13-30(14-22(21)16-33-24)23-10-7-11-32-26(23)35-27(30)38;1-27(2,3)8-7-26-13-24-18-16(5-4-6-22-18)20(19(24)25)10-14-9-17(21)23-12-15(14)11-20/h11-17,20,23H,18-19,21-22,24-27H2,1-10H3,(H,43,44,48);5-12,16,31H,13-15,17-18H2,1-4H3,(H,32,35,38)(H,33,34,37);4-6,9,12H,7-8,10-11,13H2,1-3H3. The molecule has 29 heteroatoms. The van der Waals surface area contributed by atoms with Crippen molar-refractivity contribution in [3.8, 4) is 0 Å². The van der Waals surface area contributed by atoms with Crippen LogP contribution in [0, 0.1) is 10.8 Å². The zero-order chi connectivity index (χ0) is 86.7. The van der Waals surface area contributed by atoms with Gasteiger partial charge in [0.15, 0.2) is 0 Å². The molecule has 0 saturated carbocycles. The molecule has 14 rings (SSSR count). The first kappa shape index (κ1) is 88.8. The van der Waals surface area contributed by atoms with Crippen LogP contribution in [0.5, 0.6) is 0 Å². The molecule has 4 N–H and O–H groups in total. The average Bonchev–Trinajstić information content (AvgIpc) is 1.58. The van der Waals surface area contributed by atoms with Crippen molar-refractivity contribution in [2.75, 3.05) is 79.6 Å². The van der Waals surface area contributed by atoms with E-state index >= 15 is 0 Å². The smallest absolute Gasteiger partial charge is 0.410 e. The van der Waals surface area contributed by atoms with Gasteiger partial charge in [-0.05, 0) is 170 Å². The zero-order valence-corrected chi connectivity index (χ0v) is 75.1. The van der Waals surface area contributed by atoms with E-state index in [-0.39, 0.29) is 75.1 Å². The SMILES string of the molecule is CN(Cc1ccccc1CN(CC(=O)Nc1cc2c(cn1)CC1(C2)C(=O)N(COCC[Si](C)(C)C)c2ncccc21)C(=O)C(C)(C)C)C(=O)OC(C)(C)C.CNCc1ccccc1CN(CC(=O)Nc1cc2c(cn1)CC1(C2)C(=O)Nc2ncccc21)C(=O)C(C)(C)C.C[Si](C)(C)CCOCN1C(=O)C2(Cc3cnc(Cl)cc3C2)c2cccnc21. The van der Waals surface area contributed by atoms with Crippen molar-refractivity contribution in [1.29, 1.82) is 0 Å². The average molecular weight is 1690 g/mol. The van der Waals surface area contributed by atoms with Crippen LogP contribution in [0.2, 0.25) is 56.5 Å². The normalized spacial score (nSPS) is 17.9. The van der Waals surface area contributed by atoms with E-state index in [1.807, 2.05) is 172 Å². The Balaban J connectivity index is 0.000000175. The van der Waals surface area contributed by atoms with E-state index in [2.05, 4.69) is 90.5 Å². The molecule has 3 spiro atoms. The van der Waals surface area contributed by atoms with E-state index in [0.717, 1.165) is 90.2 Å². The van der Waals surface area contributed by atoms with Crippen LogP contribution in [0.3, 0.4) is 0 Å². The van der Waals surface area contributed by atoms with E-state index < -0.39 is 60.8 Å². The lowest BCUT2D eigenvalue weighted by atomic mass is 9.79. The number of pyridine rings is 6. The van der Waals surface area contributed by atoms with Gasteiger partial charge in [-0.1, -0.05) is 159 Å². The van der Waals surface area contributed by atoms with Crippen LogP contribution >= 0.6 is 11.6 Å². The number of hydrogen-bond acceptors (Lipinski definition) is 18. The second-order valence-corrected chi connectivity index (χ2v) is 49.5. The second kappa shape index (κ2) is 35.7. The molecule has 26 nitrogen and oxygen atoms in total. The summed E-state index contributed by atoms with van der Waals surface area (Å²) in [6.45, 7) is 33.1. The minimum Gasteiger partial charge on any atom is -0.444 e. The molecule has 3 unspecified atom stereocenters. The summed E-state index contributed by atoms with van der Waals surface area (Å²) in [5.74, 6) is 1.64. The minimum atomic E-state index is -1.29. The van der Waals surface area contributed by atoms with Crippen LogP contribution in [0.1, 0.15) is 135 Å². The lowest BCUT2D eigenvalue weighted by molar-refractivity contribution is -0.142. The summed E-state index contributed by atoms with van der Waals surface area (Å²) in [6, 6.07) is 34.6. The van der Waals surface area contributed by atoms with E-state index in [0.29, 0.717) is 93.3 Å². The third kappa shape index (κ3) is 20.2. The van der Waals surface area contributed by atoms with Gasteiger partial charge >= 0.3 is 6.09 Å². The quantitative estimate of drug-likeness (QED) is 0.0248. The number of rotatable bonds is 24. The van der Waals surface area contributed by atoms with Crippen molar-refractivity contribution >= 4 is 104 Å². The van der Waals surface area contributed by atoms with Gasteiger partial charge in [-0.2, -0.15) is 0 Å². The Morgan fingerprint density at radius 3 is 1.36 bits per heavy atom. The molecule has 0 saturated heterocycles. The van der Waals surface area contributed by atoms with Crippen molar-refractivity contribution in [2.45, 2.75) is 200 Å². The van der Waals surface area contributed by atoms with Crippen molar-refractivity contribution in [1.82, 2.24) is 49.9 Å². The number of amides is 8. The maximum atomic E-state index is 14.2. The summed E-state index contributed by atoms with van der Waals surface area (Å²) < 4.78 is 17.4. The number of carbonyl (C=O) groups excluding carboxylic acids is 8. The highest BCUT2D eigenvalue weighted by atomic mass is 35.5. The molecule has 8 aromatic rings. The van der Waals surface area contributed by atoms with E-state index in [4.69, 9.17) is 25.8 Å². The summed E-state index contributed by atoms with van der Waals surface area (Å²) in [5.41, 5.74) is 8.29. The number of halogens is 1. The first-order valence-electron chi connectivity index (χ1n) is 41.0. The Bertz CT molecular complexity index is 5230. The molecular formula is C91H114ClN15O11Si2. The predicted molar refractivity (Wildman–Crippen MR) is 470 cm³/mol. The third-order valence-corrected chi connectivity index (χ3v) is 26.1.